The van der Waals surface area contributed by atoms with Gasteiger partial charge in [0.1, 0.15) is 0 Å². The normalized spacial score (nSPS) is 17.4. The average Bonchev–Trinajstić information content (AvgIpc) is 2.83. The van der Waals surface area contributed by atoms with E-state index in [1.807, 2.05) is 0 Å². The number of rotatable bonds is 0. The van der Waals surface area contributed by atoms with Gasteiger partial charge >= 0.3 is 0 Å². The molecule has 0 aliphatic heterocycles. The highest BCUT2D eigenvalue weighted by Gasteiger charge is 2.30. The number of hydrogen-bond donors (Lipinski definition) is 0. The standard InChI is InChI=1S/C17H22/c1-11-12-7-5-9-14(12)16(17(2,3)4)15-10-6-8-13(11)15/h5,9H,6-8,10H2,1-4H3. The minimum absolute atomic E-state index is 0.279. The van der Waals surface area contributed by atoms with Crippen LogP contribution in [0.5, 0.6) is 0 Å². The average molecular weight is 226 g/mol. The fraction of sp³-hybridized carbons (Fsp3) is 0.529. The van der Waals surface area contributed by atoms with Gasteiger partial charge in [-0.2, -0.15) is 0 Å². The van der Waals surface area contributed by atoms with Crippen LogP contribution < -0.4 is 0 Å². The Balaban J connectivity index is 2.37. The SMILES string of the molecule is Cc1c2c(c(C(C)(C)C)c3c1CCC3)C=CC2. The van der Waals surface area contributed by atoms with Gasteiger partial charge < -0.3 is 0 Å². The van der Waals surface area contributed by atoms with Gasteiger partial charge in [-0.15, -0.1) is 0 Å². The highest BCUT2D eigenvalue weighted by Crippen LogP contribution is 2.42. The van der Waals surface area contributed by atoms with Gasteiger partial charge in [-0.05, 0) is 71.4 Å². The van der Waals surface area contributed by atoms with E-state index in [9.17, 15) is 0 Å². The van der Waals surface area contributed by atoms with Crippen LogP contribution in [0.2, 0.25) is 0 Å². The van der Waals surface area contributed by atoms with Crippen LogP contribution in [0.25, 0.3) is 6.08 Å². The molecule has 0 amide bonds. The third-order valence-corrected chi connectivity index (χ3v) is 4.38. The number of fused-ring (bicyclic) bond motifs is 2. The molecule has 17 heavy (non-hydrogen) atoms. The molecule has 1 aromatic carbocycles. The summed E-state index contributed by atoms with van der Waals surface area (Å²) < 4.78 is 0. The van der Waals surface area contributed by atoms with E-state index in [2.05, 4.69) is 39.8 Å². The van der Waals surface area contributed by atoms with Crippen molar-refractivity contribution >= 4 is 6.08 Å². The van der Waals surface area contributed by atoms with E-state index in [-0.39, 0.29) is 5.41 Å². The zero-order valence-electron chi connectivity index (χ0n) is 11.5. The van der Waals surface area contributed by atoms with Crippen LogP contribution in [0.3, 0.4) is 0 Å². The first kappa shape index (κ1) is 11.1. The molecule has 1 aromatic rings. The summed E-state index contributed by atoms with van der Waals surface area (Å²) in [6.07, 6.45) is 9.80. The fourth-order valence-electron chi connectivity index (χ4n) is 3.73. The molecule has 0 N–H and O–H groups in total. The molecule has 2 aliphatic rings. The van der Waals surface area contributed by atoms with Crippen molar-refractivity contribution < 1.29 is 0 Å². The van der Waals surface area contributed by atoms with Crippen molar-refractivity contribution in [3.8, 4) is 0 Å². The molecule has 0 unspecified atom stereocenters. The predicted molar refractivity (Wildman–Crippen MR) is 74.6 cm³/mol. The first-order chi connectivity index (χ1) is 8.00. The van der Waals surface area contributed by atoms with E-state index in [0.717, 1.165) is 6.42 Å². The van der Waals surface area contributed by atoms with Crippen molar-refractivity contribution in [1.82, 2.24) is 0 Å². The maximum atomic E-state index is 2.36. The van der Waals surface area contributed by atoms with Gasteiger partial charge in [0, 0.05) is 0 Å². The molecule has 0 heteroatoms. The lowest BCUT2D eigenvalue weighted by atomic mass is 9.77. The minimum Gasteiger partial charge on any atom is -0.0795 e. The summed E-state index contributed by atoms with van der Waals surface area (Å²) in [7, 11) is 0. The Hall–Kier alpha value is -1.04. The Bertz CT molecular complexity index is 506. The third kappa shape index (κ3) is 1.50. The summed E-state index contributed by atoms with van der Waals surface area (Å²) in [5, 5.41) is 0. The largest absolute Gasteiger partial charge is 0.0795 e. The lowest BCUT2D eigenvalue weighted by Gasteiger charge is -2.27. The van der Waals surface area contributed by atoms with Gasteiger partial charge in [-0.3, -0.25) is 0 Å². The van der Waals surface area contributed by atoms with Crippen molar-refractivity contribution in [2.45, 2.75) is 58.8 Å². The highest BCUT2D eigenvalue weighted by molar-refractivity contribution is 5.70. The second-order valence-electron chi connectivity index (χ2n) is 6.56. The van der Waals surface area contributed by atoms with Crippen LogP contribution in [0, 0.1) is 6.92 Å². The first-order valence-electron chi connectivity index (χ1n) is 6.84. The molecule has 0 saturated carbocycles. The maximum Gasteiger partial charge on any atom is -0.00853 e. The van der Waals surface area contributed by atoms with E-state index in [1.165, 1.54) is 19.3 Å². The molecule has 0 fully saturated rings. The Morgan fingerprint density at radius 3 is 2.41 bits per heavy atom. The predicted octanol–water partition coefficient (Wildman–Crippen LogP) is 4.35. The third-order valence-electron chi connectivity index (χ3n) is 4.38. The van der Waals surface area contributed by atoms with Crippen LogP contribution >= 0.6 is 0 Å². The van der Waals surface area contributed by atoms with Crippen LogP contribution in [-0.2, 0) is 24.7 Å². The van der Waals surface area contributed by atoms with Crippen LogP contribution in [0.4, 0.5) is 0 Å². The number of allylic oxidation sites excluding steroid dienone is 1. The molecule has 0 atom stereocenters. The van der Waals surface area contributed by atoms with Crippen molar-refractivity contribution in [3.05, 3.63) is 39.5 Å². The molecule has 0 spiro atoms. The Morgan fingerprint density at radius 2 is 1.71 bits per heavy atom. The quantitative estimate of drug-likeness (QED) is 0.617. The minimum atomic E-state index is 0.279. The van der Waals surface area contributed by atoms with Crippen LogP contribution in [0.15, 0.2) is 6.08 Å². The van der Waals surface area contributed by atoms with E-state index < -0.39 is 0 Å². The summed E-state index contributed by atoms with van der Waals surface area (Å²) in [6, 6.07) is 0. The summed E-state index contributed by atoms with van der Waals surface area (Å²) in [5.74, 6) is 0. The maximum absolute atomic E-state index is 2.36. The van der Waals surface area contributed by atoms with E-state index in [0.29, 0.717) is 0 Å². The fourth-order valence-corrected chi connectivity index (χ4v) is 3.73. The van der Waals surface area contributed by atoms with Gasteiger partial charge in [0.15, 0.2) is 0 Å². The first-order valence-corrected chi connectivity index (χ1v) is 6.84. The van der Waals surface area contributed by atoms with Crippen LogP contribution in [0.1, 0.15) is 60.6 Å². The van der Waals surface area contributed by atoms with Crippen LogP contribution in [-0.4, -0.2) is 0 Å². The zero-order valence-corrected chi connectivity index (χ0v) is 11.5. The molecule has 0 radical (unpaired) electrons. The molecule has 0 saturated heterocycles. The van der Waals surface area contributed by atoms with Gasteiger partial charge in [0.25, 0.3) is 0 Å². The van der Waals surface area contributed by atoms with Gasteiger partial charge in [-0.1, -0.05) is 32.9 Å². The Kier molecular flexibility index (Phi) is 2.26. The molecule has 3 rings (SSSR count). The second kappa shape index (κ2) is 3.48. The lowest BCUT2D eigenvalue weighted by molar-refractivity contribution is 0.581. The van der Waals surface area contributed by atoms with Crippen molar-refractivity contribution in [3.63, 3.8) is 0 Å². The van der Waals surface area contributed by atoms with Gasteiger partial charge in [0.2, 0.25) is 0 Å². The Labute approximate surface area is 105 Å². The molecule has 0 bridgehead atoms. The van der Waals surface area contributed by atoms with Crippen molar-refractivity contribution in [1.29, 1.82) is 0 Å². The van der Waals surface area contributed by atoms with Crippen molar-refractivity contribution in [2.75, 3.05) is 0 Å². The second-order valence-corrected chi connectivity index (χ2v) is 6.56. The number of benzene rings is 1. The highest BCUT2D eigenvalue weighted by atomic mass is 14.3. The molecular formula is C17H22. The summed E-state index contributed by atoms with van der Waals surface area (Å²) in [5.41, 5.74) is 10.0. The monoisotopic (exact) mass is 226 g/mol. The molecule has 0 aromatic heterocycles. The topological polar surface area (TPSA) is 0 Å². The van der Waals surface area contributed by atoms with E-state index >= 15 is 0 Å². The lowest BCUT2D eigenvalue weighted by Crippen LogP contribution is -2.18. The van der Waals surface area contributed by atoms with Gasteiger partial charge in [0.05, 0.1) is 0 Å². The van der Waals surface area contributed by atoms with E-state index in [1.54, 1.807) is 33.4 Å². The summed E-state index contributed by atoms with van der Waals surface area (Å²) in [4.78, 5) is 0. The molecule has 90 valence electrons. The molecule has 0 nitrogen and oxygen atoms in total. The molecule has 0 heterocycles. The Morgan fingerprint density at radius 1 is 1.00 bits per heavy atom. The summed E-state index contributed by atoms with van der Waals surface area (Å²) in [6.45, 7) is 9.43. The zero-order chi connectivity index (χ0) is 12.2. The smallest absolute Gasteiger partial charge is 0.00853 e. The summed E-state index contributed by atoms with van der Waals surface area (Å²) >= 11 is 0. The molecule has 2 aliphatic carbocycles. The molecular weight excluding hydrogens is 204 g/mol. The van der Waals surface area contributed by atoms with Crippen molar-refractivity contribution in [2.24, 2.45) is 0 Å². The number of hydrogen-bond acceptors (Lipinski definition) is 0. The van der Waals surface area contributed by atoms with E-state index in [4.69, 9.17) is 0 Å². The van der Waals surface area contributed by atoms with Gasteiger partial charge in [-0.25, -0.2) is 0 Å².